The van der Waals surface area contributed by atoms with Crippen LogP contribution in [-0.4, -0.2) is 54.7 Å². The fourth-order valence-corrected chi connectivity index (χ4v) is 2.53. The monoisotopic (exact) mass is 306 g/mol. The van der Waals surface area contributed by atoms with Crippen molar-refractivity contribution in [1.29, 1.82) is 0 Å². The smallest absolute Gasteiger partial charge is 0.335 e. The SMILES string of the molecule is CCN(CC)CCN1C(=O)CCOc2ccc(C(=O)O)cc21. The molecule has 0 saturated heterocycles. The summed E-state index contributed by atoms with van der Waals surface area (Å²) >= 11 is 0. The summed E-state index contributed by atoms with van der Waals surface area (Å²) in [7, 11) is 0. The minimum Gasteiger partial charge on any atom is -0.491 e. The van der Waals surface area contributed by atoms with Crippen LogP contribution in [0.4, 0.5) is 5.69 Å². The molecule has 120 valence electrons. The van der Waals surface area contributed by atoms with Gasteiger partial charge in [-0.1, -0.05) is 13.8 Å². The standard InChI is InChI=1S/C16H22N2O4/c1-3-17(4-2)8-9-18-13-11-12(16(20)21)5-6-14(13)22-10-7-15(18)19/h5-6,11H,3-4,7-10H2,1-2H3,(H,20,21). The van der Waals surface area contributed by atoms with Gasteiger partial charge in [-0.05, 0) is 31.3 Å². The normalized spacial score (nSPS) is 14.5. The molecule has 1 aliphatic heterocycles. The van der Waals surface area contributed by atoms with Gasteiger partial charge in [-0.3, -0.25) is 4.79 Å². The number of fused-ring (bicyclic) bond motifs is 1. The Kier molecular flexibility index (Phi) is 5.38. The van der Waals surface area contributed by atoms with Crippen molar-refractivity contribution in [3.8, 4) is 5.75 Å². The lowest BCUT2D eigenvalue weighted by molar-refractivity contribution is -0.118. The molecule has 0 bridgehead atoms. The third-order valence-electron chi connectivity index (χ3n) is 3.91. The maximum absolute atomic E-state index is 12.3. The van der Waals surface area contributed by atoms with E-state index >= 15 is 0 Å². The highest BCUT2D eigenvalue weighted by Crippen LogP contribution is 2.32. The molecular formula is C16H22N2O4. The van der Waals surface area contributed by atoms with E-state index in [0.717, 1.165) is 19.6 Å². The summed E-state index contributed by atoms with van der Waals surface area (Å²) in [5.74, 6) is -0.480. The van der Waals surface area contributed by atoms with Crippen LogP contribution < -0.4 is 9.64 Å². The van der Waals surface area contributed by atoms with E-state index in [0.29, 0.717) is 31.0 Å². The number of carboxylic acid groups (broad SMARTS) is 1. The molecule has 0 atom stereocenters. The number of ether oxygens (including phenoxy) is 1. The van der Waals surface area contributed by atoms with Crippen LogP contribution in [0.25, 0.3) is 0 Å². The highest BCUT2D eigenvalue weighted by atomic mass is 16.5. The Labute approximate surface area is 130 Å². The number of amides is 1. The predicted molar refractivity (Wildman–Crippen MR) is 83.7 cm³/mol. The molecular weight excluding hydrogens is 284 g/mol. The van der Waals surface area contributed by atoms with Crippen molar-refractivity contribution < 1.29 is 19.4 Å². The second-order valence-electron chi connectivity index (χ2n) is 5.16. The second-order valence-corrected chi connectivity index (χ2v) is 5.16. The van der Waals surface area contributed by atoms with Crippen LogP contribution in [0.15, 0.2) is 18.2 Å². The van der Waals surface area contributed by atoms with Gasteiger partial charge in [0.05, 0.1) is 24.3 Å². The van der Waals surface area contributed by atoms with Crippen molar-refractivity contribution in [2.75, 3.05) is 37.7 Å². The van der Waals surface area contributed by atoms with Crippen molar-refractivity contribution in [2.24, 2.45) is 0 Å². The first kappa shape index (κ1) is 16.3. The average molecular weight is 306 g/mol. The van der Waals surface area contributed by atoms with Crippen molar-refractivity contribution in [1.82, 2.24) is 4.90 Å². The minimum absolute atomic E-state index is 0.0338. The van der Waals surface area contributed by atoms with E-state index in [-0.39, 0.29) is 11.5 Å². The molecule has 1 aromatic rings. The summed E-state index contributed by atoms with van der Waals surface area (Å²) in [6, 6.07) is 4.64. The molecule has 0 unspecified atom stereocenters. The summed E-state index contributed by atoms with van der Waals surface area (Å²) in [6.07, 6.45) is 0.301. The molecule has 22 heavy (non-hydrogen) atoms. The van der Waals surface area contributed by atoms with Crippen molar-refractivity contribution in [3.05, 3.63) is 23.8 Å². The third-order valence-corrected chi connectivity index (χ3v) is 3.91. The molecule has 0 aliphatic carbocycles. The fraction of sp³-hybridized carbons (Fsp3) is 0.500. The zero-order chi connectivity index (χ0) is 16.1. The van der Waals surface area contributed by atoms with Gasteiger partial charge in [0.25, 0.3) is 0 Å². The molecule has 1 heterocycles. The number of anilines is 1. The first-order valence-corrected chi connectivity index (χ1v) is 7.59. The highest BCUT2D eigenvalue weighted by Gasteiger charge is 2.24. The zero-order valence-electron chi connectivity index (χ0n) is 13.0. The third kappa shape index (κ3) is 3.57. The molecule has 0 aromatic heterocycles. The summed E-state index contributed by atoms with van der Waals surface area (Å²) in [5.41, 5.74) is 0.708. The summed E-state index contributed by atoms with van der Waals surface area (Å²) < 4.78 is 5.57. The maximum atomic E-state index is 12.3. The van der Waals surface area contributed by atoms with Crippen molar-refractivity contribution in [2.45, 2.75) is 20.3 Å². The van der Waals surface area contributed by atoms with Gasteiger partial charge in [-0.15, -0.1) is 0 Å². The summed E-state index contributed by atoms with van der Waals surface area (Å²) in [4.78, 5) is 27.4. The Hall–Kier alpha value is -2.08. The molecule has 0 spiro atoms. The number of likely N-dealkylation sites (N-methyl/N-ethyl adjacent to an activating group) is 1. The summed E-state index contributed by atoms with van der Waals surface area (Å²) in [5, 5.41) is 9.15. The second kappa shape index (κ2) is 7.26. The first-order valence-electron chi connectivity index (χ1n) is 7.59. The van der Waals surface area contributed by atoms with Crippen molar-refractivity contribution >= 4 is 17.6 Å². The van der Waals surface area contributed by atoms with E-state index in [4.69, 9.17) is 9.84 Å². The Balaban J connectivity index is 2.29. The number of rotatable bonds is 6. The van der Waals surface area contributed by atoms with Crippen LogP contribution >= 0.6 is 0 Å². The van der Waals surface area contributed by atoms with Gasteiger partial charge >= 0.3 is 5.97 Å². The topological polar surface area (TPSA) is 70.1 Å². The number of carboxylic acids is 1. The number of carbonyl (C=O) groups excluding carboxylic acids is 1. The largest absolute Gasteiger partial charge is 0.491 e. The first-order chi connectivity index (χ1) is 10.6. The van der Waals surface area contributed by atoms with E-state index in [1.807, 2.05) is 0 Å². The van der Waals surface area contributed by atoms with Gasteiger partial charge in [0.15, 0.2) is 0 Å². The van der Waals surface area contributed by atoms with Crippen LogP contribution in [0.5, 0.6) is 5.75 Å². The Morgan fingerprint density at radius 1 is 1.36 bits per heavy atom. The average Bonchev–Trinajstić information content (AvgIpc) is 2.66. The Morgan fingerprint density at radius 2 is 2.09 bits per heavy atom. The number of hydrogen-bond donors (Lipinski definition) is 1. The zero-order valence-corrected chi connectivity index (χ0v) is 13.0. The minimum atomic E-state index is -1.01. The van der Waals surface area contributed by atoms with Gasteiger partial charge in [-0.25, -0.2) is 4.79 Å². The van der Waals surface area contributed by atoms with Gasteiger partial charge < -0.3 is 19.6 Å². The van der Waals surface area contributed by atoms with E-state index in [1.54, 1.807) is 11.0 Å². The molecule has 0 fully saturated rings. The van der Waals surface area contributed by atoms with Crippen LogP contribution in [0.1, 0.15) is 30.6 Å². The van der Waals surface area contributed by atoms with Gasteiger partial charge in [-0.2, -0.15) is 0 Å². The van der Waals surface area contributed by atoms with E-state index < -0.39 is 5.97 Å². The lowest BCUT2D eigenvalue weighted by atomic mass is 10.1. The lowest BCUT2D eigenvalue weighted by Crippen LogP contribution is -2.38. The molecule has 6 heteroatoms. The van der Waals surface area contributed by atoms with Crippen LogP contribution in [-0.2, 0) is 4.79 Å². The van der Waals surface area contributed by atoms with Crippen LogP contribution in [0.2, 0.25) is 0 Å². The predicted octanol–water partition coefficient (Wildman–Crippen LogP) is 1.84. The number of benzene rings is 1. The number of aromatic carboxylic acids is 1. The molecule has 0 radical (unpaired) electrons. The van der Waals surface area contributed by atoms with Gasteiger partial charge in [0.2, 0.25) is 5.91 Å². The van der Waals surface area contributed by atoms with E-state index in [2.05, 4.69) is 18.7 Å². The lowest BCUT2D eigenvalue weighted by Gasteiger charge is -2.26. The molecule has 0 saturated carbocycles. The fourth-order valence-electron chi connectivity index (χ4n) is 2.53. The maximum Gasteiger partial charge on any atom is 0.335 e. The van der Waals surface area contributed by atoms with E-state index in [9.17, 15) is 9.59 Å². The molecule has 2 rings (SSSR count). The van der Waals surface area contributed by atoms with E-state index in [1.165, 1.54) is 12.1 Å². The molecule has 1 N–H and O–H groups in total. The number of nitrogens with zero attached hydrogens (tertiary/aromatic N) is 2. The molecule has 1 aromatic carbocycles. The molecule has 1 amide bonds. The summed E-state index contributed by atoms with van der Waals surface area (Å²) in [6.45, 7) is 7.57. The highest BCUT2D eigenvalue weighted by molar-refractivity contribution is 5.98. The molecule has 1 aliphatic rings. The Bertz CT molecular complexity index is 555. The Morgan fingerprint density at radius 3 is 2.73 bits per heavy atom. The number of hydrogen-bond acceptors (Lipinski definition) is 4. The van der Waals surface area contributed by atoms with Crippen LogP contribution in [0, 0.1) is 0 Å². The van der Waals surface area contributed by atoms with Crippen molar-refractivity contribution in [3.63, 3.8) is 0 Å². The van der Waals surface area contributed by atoms with Gasteiger partial charge in [0, 0.05) is 13.1 Å². The number of carbonyl (C=O) groups is 2. The van der Waals surface area contributed by atoms with Crippen LogP contribution in [0.3, 0.4) is 0 Å². The van der Waals surface area contributed by atoms with Gasteiger partial charge in [0.1, 0.15) is 5.75 Å². The quantitative estimate of drug-likeness (QED) is 0.868. The molecule has 6 nitrogen and oxygen atoms in total.